The van der Waals surface area contributed by atoms with Crippen molar-refractivity contribution in [2.45, 2.75) is 50.3 Å². The van der Waals surface area contributed by atoms with E-state index in [1.54, 1.807) is 24.3 Å². The van der Waals surface area contributed by atoms with Crippen molar-refractivity contribution < 1.29 is 18.3 Å². The van der Waals surface area contributed by atoms with Crippen molar-refractivity contribution in [3.05, 3.63) is 29.8 Å². The Kier molecular flexibility index (Phi) is 5.03. The van der Waals surface area contributed by atoms with Crippen LogP contribution in [0.25, 0.3) is 0 Å². The fourth-order valence-corrected chi connectivity index (χ4v) is 4.21. The summed E-state index contributed by atoms with van der Waals surface area (Å²) in [5.74, 6) is 0. The lowest BCUT2D eigenvalue weighted by Gasteiger charge is -2.35. The lowest BCUT2D eigenvalue weighted by atomic mass is 10.1. The topological polar surface area (TPSA) is 66.8 Å². The Morgan fingerprint density at radius 2 is 2.14 bits per heavy atom. The average molecular weight is 313 g/mol. The minimum Gasteiger partial charge on any atom is -0.388 e. The standard InChI is InChI=1S/C15H23NO4S/c1-4-15(17)13-6-5-7-14(8-13)21(18,19)16-9-12(3)20-10-11(16)2/h5-8,11-12,15,17H,4,9-10H2,1-3H3. The van der Waals surface area contributed by atoms with E-state index in [4.69, 9.17) is 4.74 Å². The molecule has 1 fully saturated rings. The molecule has 3 unspecified atom stereocenters. The first-order valence-corrected chi connectivity index (χ1v) is 8.71. The zero-order valence-corrected chi connectivity index (χ0v) is 13.5. The first kappa shape index (κ1) is 16.4. The van der Waals surface area contributed by atoms with Crippen LogP contribution in [0.4, 0.5) is 0 Å². The van der Waals surface area contributed by atoms with E-state index < -0.39 is 16.1 Å². The van der Waals surface area contributed by atoms with Gasteiger partial charge in [-0.3, -0.25) is 0 Å². The number of morpholine rings is 1. The molecule has 0 aliphatic carbocycles. The summed E-state index contributed by atoms with van der Waals surface area (Å²) in [5.41, 5.74) is 0.632. The van der Waals surface area contributed by atoms with Crippen molar-refractivity contribution >= 4 is 10.0 Å². The zero-order chi connectivity index (χ0) is 15.6. The van der Waals surface area contributed by atoms with Crippen molar-refractivity contribution in [3.63, 3.8) is 0 Å². The molecule has 0 saturated carbocycles. The van der Waals surface area contributed by atoms with E-state index in [-0.39, 0.29) is 17.0 Å². The third-order valence-electron chi connectivity index (χ3n) is 3.79. The number of nitrogens with zero attached hydrogens (tertiary/aromatic N) is 1. The predicted molar refractivity (Wildman–Crippen MR) is 80.5 cm³/mol. The van der Waals surface area contributed by atoms with Crippen LogP contribution >= 0.6 is 0 Å². The molecule has 118 valence electrons. The number of rotatable bonds is 4. The summed E-state index contributed by atoms with van der Waals surface area (Å²) < 4.78 is 32.6. The normalized spacial score (nSPS) is 25.7. The van der Waals surface area contributed by atoms with Crippen LogP contribution in [-0.2, 0) is 14.8 Å². The highest BCUT2D eigenvalue weighted by molar-refractivity contribution is 7.89. The van der Waals surface area contributed by atoms with Gasteiger partial charge in [0, 0.05) is 12.6 Å². The molecule has 5 nitrogen and oxygen atoms in total. The van der Waals surface area contributed by atoms with E-state index in [1.165, 1.54) is 4.31 Å². The van der Waals surface area contributed by atoms with Crippen LogP contribution in [0.5, 0.6) is 0 Å². The average Bonchev–Trinajstić information content (AvgIpc) is 2.49. The molecule has 2 rings (SSSR count). The van der Waals surface area contributed by atoms with Crippen molar-refractivity contribution in [2.24, 2.45) is 0 Å². The Morgan fingerprint density at radius 1 is 1.43 bits per heavy atom. The maximum absolute atomic E-state index is 12.8. The third kappa shape index (κ3) is 3.45. The van der Waals surface area contributed by atoms with E-state index in [0.717, 1.165) is 0 Å². The van der Waals surface area contributed by atoms with E-state index in [1.807, 2.05) is 20.8 Å². The molecule has 0 radical (unpaired) electrons. The highest BCUT2D eigenvalue weighted by atomic mass is 32.2. The molecule has 0 aromatic heterocycles. The van der Waals surface area contributed by atoms with Gasteiger partial charge in [-0.2, -0.15) is 4.31 Å². The van der Waals surface area contributed by atoms with Gasteiger partial charge in [-0.15, -0.1) is 0 Å². The zero-order valence-electron chi connectivity index (χ0n) is 12.7. The van der Waals surface area contributed by atoms with E-state index in [0.29, 0.717) is 25.1 Å². The van der Waals surface area contributed by atoms with Gasteiger partial charge >= 0.3 is 0 Å². The molecular formula is C15H23NO4S. The fraction of sp³-hybridized carbons (Fsp3) is 0.600. The maximum Gasteiger partial charge on any atom is 0.243 e. The van der Waals surface area contributed by atoms with Gasteiger partial charge in [0.05, 0.1) is 23.7 Å². The van der Waals surface area contributed by atoms with Gasteiger partial charge in [-0.1, -0.05) is 19.1 Å². The van der Waals surface area contributed by atoms with Crippen LogP contribution in [0.15, 0.2) is 29.2 Å². The van der Waals surface area contributed by atoms with E-state index in [9.17, 15) is 13.5 Å². The molecule has 1 aliphatic rings. The second-order valence-corrected chi connectivity index (χ2v) is 7.45. The SMILES string of the molecule is CCC(O)c1cccc(S(=O)(=O)N2CC(C)OCC2C)c1. The molecule has 0 spiro atoms. The summed E-state index contributed by atoms with van der Waals surface area (Å²) in [6.45, 7) is 6.32. The molecule has 1 N–H and O–H groups in total. The van der Waals surface area contributed by atoms with Gasteiger partial charge in [0.2, 0.25) is 10.0 Å². The summed E-state index contributed by atoms with van der Waals surface area (Å²) in [7, 11) is -3.57. The van der Waals surface area contributed by atoms with Crippen molar-refractivity contribution in [1.82, 2.24) is 4.31 Å². The largest absolute Gasteiger partial charge is 0.388 e. The molecule has 1 aromatic carbocycles. The van der Waals surface area contributed by atoms with Crippen molar-refractivity contribution in [2.75, 3.05) is 13.2 Å². The highest BCUT2D eigenvalue weighted by Crippen LogP contribution is 2.25. The number of sulfonamides is 1. The van der Waals surface area contributed by atoms with E-state index >= 15 is 0 Å². The number of ether oxygens (including phenoxy) is 1. The van der Waals surface area contributed by atoms with Crippen LogP contribution in [-0.4, -0.2) is 43.1 Å². The molecule has 1 aromatic rings. The summed E-state index contributed by atoms with van der Waals surface area (Å²) in [6, 6.07) is 6.38. The molecular weight excluding hydrogens is 290 g/mol. The molecule has 1 aliphatic heterocycles. The Bertz CT molecular complexity index is 587. The van der Waals surface area contributed by atoms with Crippen LogP contribution in [0.1, 0.15) is 38.9 Å². The van der Waals surface area contributed by atoms with Gasteiger partial charge in [0.15, 0.2) is 0 Å². The number of hydrogen-bond donors (Lipinski definition) is 1. The smallest absolute Gasteiger partial charge is 0.243 e. The van der Waals surface area contributed by atoms with E-state index in [2.05, 4.69) is 0 Å². The van der Waals surface area contributed by atoms with Gasteiger partial charge in [-0.05, 0) is 38.0 Å². The molecule has 3 atom stereocenters. The summed E-state index contributed by atoms with van der Waals surface area (Å²) in [5, 5.41) is 9.90. The third-order valence-corrected chi connectivity index (χ3v) is 5.76. The van der Waals surface area contributed by atoms with Crippen LogP contribution in [0.3, 0.4) is 0 Å². The Labute approximate surface area is 126 Å². The predicted octanol–water partition coefficient (Wildman–Crippen LogP) is 1.93. The van der Waals surface area contributed by atoms with Gasteiger partial charge in [0.25, 0.3) is 0 Å². The molecule has 1 heterocycles. The minimum absolute atomic E-state index is 0.111. The summed E-state index contributed by atoms with van der Waals surface area (Å²) in [6.07, 6.45) is -0.198. The number of aliphatic hydroxyl groups excluding tert-OH is 1. The summed E-state index contributed by atoms with van der Waals surface area (Å²) >= 11 is 0. The Morgan fingerprint density at radius 3 is 2.81 bits per heavy atom. The van der Waals surface area contributed by atoms with Crippen molar-refractivity contribution in [3.8, 4) is 0 Å². The first-order valence-electron chi connectivity index (χ1n) is 7.27. The van der Waals surface area contributed by atoms with Gasteiger partial charge in [-0.25, -0.2) is 8.42 Å². The van der Waals surface area contributed by atoms with Crippen LogP contribution < -0.4 is 0 Å². The Hall–Kier alpha value is -0.950. The lowest BCUT2D eigenvalue weighted by Crippen LogP contribution is -2.50. The van der Waals surface area contributed by atoms with Gasteiger partial charge in [0.1, 0.15) is 0 Å². The quantitative estimate of drug-likeness (QED) is 0.922. The second kappa shape index (κ2) is 6.44. The number of aliphatic hydroxyl groups is 1. The summed E-state index contributed by atoms with van der Waals surface area (Å²) in [4.78, 5) is 0.230. The maximum atomic E-state index is 12.8. The molecule has 1 saturated heterocycles. The monoisotopic (exact) mass is 313 g/mol. The van der Waals surface area contributed by atoms with Gasteiger partial charge < -0.3 is 9.84 Å². The number of hydrogen-bond acceptors (Lipinski definition) is 4. The van der Waals surface area contributed by atoms with Crippen LogP contribution in [0.2, 0.25) is 0 Å². The first-order chi connectivity index (χ1) is 9.86. The van der Waals surface area contributed by atoms with Crippen LogP contribution in [0, 0.1) is 0 Å². The second-order valence-electron chi connectivity index (χ2n) is 5.56. The fourth-order valence-electron chi connectivity index (χ4n) is 2.46. The molecule has 6 heteroatoms. The lowest BCUT2D eigenvalue weighted by molar-refractivity contribution is -0.0170. The Balaban J connectivity index is 2.35. The minimum atomic E-state index is -3.57. The molecule has 0 bridgehead atoms. The highest BCUT2D eigenvalue weighted by Gasteiger charge is 2.34. The molecule has 21 heavy (non-hydrogen) atoms. The molecule has 0 amide bonds. The van der Waals surface area contributed by atoms with Crippen molar-refractivity contribution in [1.29, 1.82) is 0 Å². The number of benzene rings is 1.